The van der Waals surface area contributed by atoms with Crippen LogP contribution in [0.4, 0.5) is 5.69 Å². The van der Waals surface area contributed by atoms with Gasteiger partial charge >= 0.3 is 0 Å². The van der Waals surface area contributed by atoms with Crippen LogP contribution in [0, 0.1) is 40.9 Å². The summed E-state index contributed by atoms with van der Waals surface area (Å²) in [5.74, 6) is 8.15. The minimum atomic E-state index is -0.126. The molecule has 0 aromatic heterocycles. The second-order valence-corrected chi connectivity index (χ2v) is 12.7. The third-order valence-electron chi connectivity index (χ3n) is 10.7. The van der Waals surface area contributed by atoms with Gasteiger partial charge in [-0.05, 0) is 110 Å². The van der Waals surface area contributed by atoms with E-state index in [-0.39, 0.29) is 35.6 Å². The number of rotatable bonds is 4. The fourth-order valence-electron chi connectivity index (χ4n) is 9.11. The van der Waals surface area contributed by atoms with Gasteiger partial charge in [0, 0.05) is 43.5 Å². The highest BCUT2D eigenvalue weighted by Gasteiger charge is 2.58. The number of allylic oxidation sites excluding steroid dienone is 4. The van der Waals surface area contributed by atoms with Gasteiger partial charge in [-0.1, -0.05) is 30.6 Å². The number of fused-ring (bicyclic) bond motifs is 4. The van der Waals surface area contributed by atoms with Crippen molar-refractivity contribution in [1.82, 2.24) is 0 Å². The van der Waals surface area contributed by atoms with Crippen LogP contribution in [0.2, 0.25) is 0 Å². The average molecular weight is 512 g/mol. The number of aliphatic hydroxyl groups excluding tert-OH is 1. The highest BCUT2D eigenvalue weighted by molar-refractivity contribution is 5.93. The third kappa shape index (κ3) is 4.28. The van der Waals surface area contributed by atoms with Crippen LogP contribution >= 0.6 is 0 Å². The number of hydrogen-bond acceptors (Lipinski definition) is 4. The zero-order valence-electron chi connectivity index (χ0n) is 23.0. The number of Topliss-reactive ketones (excluding diaryl/α,β-unsaturated/α-hetero) is 1. The van der Waals surface area contributed by atoms with Crippen LogP contribution in [0.1, 0.15) is 83.1 Å². The number of carbonyl (C=O) groups excluding carboxylic acids is 2. The van der Waals surface area contributed by atoms with E-state index in [9.17, 15) is 14.7 Å². The van der Waals surface area contributed by atoms with Crippen LogP contribution in [-0.4, -0.2) is 36.4 Å². The quantitative estimate of drug-likeness (QED) is 0.504. The molecule has 200 valence electrons. The van der Waals surface area contributed by atoms with Gasteiger partial charge in [-0.25, -0.2) is 0 Å². The van der Waals surface area contributed by atoms with Gasteiger partial charge in [0.1, 0.15) is 12.4 Å². The van der Waals surface area contributed by atoms with E-state index in [0.717, 1.165) is 45.2 Å². The summed E-state index contributed by atoms with van der Waals surface area (Å²) in [6.07, 6.45) is 10.6. The summed E-state index contributed by atoms with van der Waals surface area (Å²) in [6.45, 7) is 6.36. The Labute approximate surface area is 227 Å². The molecule has 4 aliphatic carbocycles. The first kappa shape index (κ1) is 25.6. The van der Waals surface area contributed by atoms with E-state index >= 15 is 0 Å². The number of hydrogen-bond donors (Lipinski definition) is 1. The fourth-order valence-corrected chi connectivity index (χ4v) is 9.11. The maximum atomic E-state index is 12.9. The van der Waals surface area contributed by atoms with Crippen LogP contribution < -0.4 is 4.90 Å². The summed E-state index contributed by atoms with van der Waals surface area (Å²) >= 11 is 0. The molecule has 2 saturated carbocycles. The Morgan fingerprint density at radius 3 is 2.58 bits per heavy atom. The van der Waals surface area contributed by atoms with Crippen LogP contribution in [0.3, 0.4) is 0 Å². The van der Waals surface area contributed by atoms with Gasteiger partial charge in [0.05, 0.1) is 0 Å². The van der Waals surface area contributed by atoms with Crippen molar-refractivity contribution in [2.75, 3.05) is 24.6 Å². The normalized spacial score (nSPS) is 34.2. The molecule has 0 radical (unpaired) electrons. The standard InChI is InChI=1S/C34H41NO3/c1-22(37)31-14-15-32-29-19-24(7-3-6-18-36)28-20-26(38)12-13-27(28)33(29)30(21-34(31,32)2)23-8-10-25(11-9-23)35-16-4-5-17-35/h8-11,20,24,29-32,36H,4-5,7,12-19,21H2,1-2H3/t24?,29-,30+,31+,32-,34+/m0/s1. The highest BCUT2D eigenvalue weighted by Crippen LogP contribution is 2.66. The minimum Gasteiger partial charge on any atom is -0.384 e. The Morgan fingerprint density at radius 1 is 1.11 bits per heavy atom. The molecule has 38 heavy (non-hydrogen) atoms. The van der Waals surface area contributed by atoms with Gasteiger partial charge in [-0.15, -0.1) is 5.92 Å². The number of benzene rings is 1. The first-order valence-electron chi connectivity index (χ1n) is 14.8. The fraction of sp³-hybridized carbons (Fsp3) is 0.588. The van der Waals surface area contributed by atoms with Crippen molar-refractivity contribution in [2.24, 2.45) is 29.1 Å². The lowest BCUT2D eigenvalue weighted by Gasteiger charge is -2.53. The largest absolute Gasteiger partial charge is 0.384 e. The van der Waals surface area contributed by atoms with E-state index in [1.807, 2.05) is 6.08 Å². The Hall–Kier alpha value is -2.64. The number of aliphatic hydroxyl groups is 1. The van der Waals surface area contributed by atoms with E-state index in [0.29, 0.717) is 30.5 Å². The van der Waals surface area contributed by atoms with Gasteiger partial charge < -0.3 is 10.0 Å². The van der Waals surface area contributed by atoms with Crippen molar-refractivity contribution in [3.8, 4) is 11.8 Å². The molecule has 1 aromatic rings. The Morgan fingerprint density at radius 2 is 1.87 bits per heavy atom. The Balaban J connectivity index is 1.46. The first-order chi connectivity index (χ1) is 18.4. The van der Waals surface area contributed by atoms with Crippen LogP contribution in [-0.2, 0) is 9.59 Å². The van der Waals surface area contributed by atoms with Crippen molar-refractivity contribution < 1.29 is 14.7 Å². The topological polar surface area (TPSA) is 57.6 Å². The summed E-state index contributed by atoms with van der Waals surface area (Å²) in [5, 5.41) is 9.26. The predicted molar refractivity (Wildman–Crippen MR) is 151 cm³/mol. The molecule has 6 rings (SSSR count). The zero-order chi connectivity index (χ0) is 26.4. The second-order valence-electron chi connectivity index (χ2n) is 12.7. The monoisotopic (exact) mass is 511 g/mol. The van der Waals surface area contributed by atoms with E-state index in [2.05, 4.69) is 47.9 Å². The maximum Gasteiger partial charge on any atom is 0.156 e. The van der Waals surface area contributed by atoms with Crippen molar-refractivity contribution >= 4 is 17.3 Å². The second kappa shape index (κ2) is 10.2. The van der Waals surface area contributed by atoms with E-state index in [4.69, 9.17) is 0 Å². The lowest BCUT2D eigenvalue weighted by atomic mass is 9.50. The first-order valence-corrected chi connectivity index (χ1v) is 14.8. The van der Waals surface area contributed by atoms with Crippen LogP contribution in [0.5, 0.6) is 0 Å². The van der Waals surface area contributed by atoms with E-state index < -0.39 is 0 Å². The predicted octanol–water partition coefficient (Wildman–Crippen LogP) is 6.00. The lowest BCUT2D eigenvalue weighted by molar-refractivity contribution is -0.125. The van der Waals surface area contributed by atoms with Crippen molar-refractivity contribution in [3.05, 3.63) is 52.6 Å². The summed E-state index contributed by atoms with van der Waals surface area (Å²) < 4.78 is 0. The molecular formula is C34H41NO3. The highest BCUT2D eigenvalue weighted by atomic mass is 16.2. The van der Waals surface area contributed by atoms with E-state index in [1.165, 1.54) is 35.2 Å². The van der Waals surface area contributed by atoms with Crippen molar-refractivity contribution in [2.45, 2.75) is 77.6 Å². The van der Waals surface area contributed by atoms with Gasteiger partial charge in [0.25, 0.3) is 0 Å². The van der Waals surface area contributed by atoms with Gasteiger partial charge in [-0.2, -0.15) is 0 Å². The molecule has 1 unspecified atom stereocenters. The van der Waals surface area contributed by atoms with Crippen molar-refractivity contribution in [1.29, 1.82) is 0 Å². The molecule has 0 spiro atoms. The zero-order valence-corrected chi connectivity index (χ0v) is 23.0. The molecule has 4 heteroatoms. The molecule has 1 N–H and O–H groups in total. The number of nitrogens with zero attached hydrogens (tertiary/aromatic N) is 1. The molecule has 3 fully saturated rings. The summed E-state index contributed by atoms with van der Waals surface area (Å²) in [4.78, 5) is 28.0. The minimum absolute atomic E-state index is 0.00805. The van der Waals surface area contributed by atoms with Gasteiger partial charge in [0.2, 0.25) is 0 Å². The lowest BCUT2D eigenvalue weighted by Crippen LogP contribution is -2.45. The number of carbonyl (C=O) groups is 2. The molecule has 0 amide bonds. The van der Waals surface area contributed by atoms with Crippen LogP contribution in [0.15, 0.2) is 47.1 Å². The molecule has 1 heterocycles. The molecule has 6 atom stereocenters. The summed E-state index contributed by atoms with van der Waals surface area (Å²) in [6, 6.07) is 9.31. The summed E-state index contributed by atoms with van der Waals surface area (Å²) in [7, 11) is 0. The SMILES string of the molecule is CC(=O)[C@H]1CC[C@H]2[C@@H]3CC(CC#CCO)C4=CC(=O)CCC4=C3[C@@H](c3ccc(N4CCCC4)cc3)C[C@]12C. The summed E-state index contributed by atoms with van der Waals surface area (Å²) in [5.41, 5.74) is 6.87. The van der Waals surface area contributed by atoms with Gasteiger partial charge in [0.15, 0.2) is 5.78 Å². The Bertz CT molecular complexity index is 1240. The molecule has 4 nitrogen and oxygen atoms in total. The van der Waals surface area contributed by atoms with Gasteiger partial charge in [-0.3, -0.25) is 9.59 Å². The molecular weight excluding hydrogens is 470 g/mol. The molecule has 1 aromatic carbocycles. The molecule has 1 saturated heterocycles. The smallest absolute Gasteiger partial charge is 0.156 e. The van der Waals surface area contributed by atoms with Crippen molar-refractivity contribution in [3.63, 3.8) is 0 Å². The van der Waals surface area contributed by atoms with Crippen LogP contribution in [0.25, 0.3) is 0 Å². The third-order valence-corrected chi connectivity index (χ3v) is 10.7. The maximum absolute atomic E-state index is 12.9. The Kier molecular flexibility index (Phi) is 6.85. The molecule has 0 bridgehead atoms. The molecule has 1 aliphatic heterocycles. The number of anilines is 1. The molecule has 5 aliphatic rings. The van der Waals surface area contributed by atoms with E-state index in [1.54, 1.807) is 12.5 Å². The number of ketones is 2. The average Bonchev–Trinajstić information content (AvgIpc) is 3.56.